The van der Waals surface area contributed by atoms with Crippen LogP contribution in [0, 0.1) is 0 Å². The second kappa shape index (κ2) is 4.45. The first-order chi connectivity index (χ1) is 11.3. The Labute approximate surface area is 131 Å². The molecule has 7 heteroatoms. The van der Waals surface area contributed by atoms with Crippen molar-refractivity contribution in [1.29, 1.82) is 0 Å². The predicted molar refractivity (Wildman–Crippen MR) is 84.8 cm³/mol. The smallest absolute Gasteiger partial charge is 0.277 e. The number of benzene rings is 1. The van der Waals surface area contributed by atoms with E-state index in [4.69, 9.17) is 0 Å². The third-order valence-electron chi connectivity index (χ3n) is 4.12. The first-order valence-electron chi connectivity index (χ1n) is 7.48. The third kappa shape index (κ3) is 1.93. The van der Waals surface area contributed by atoms with Crippen LogP contribution in [0.4, 0.5) is 5.82 Å². The maximum atomic E-state index is 11.6. The topological polar surface area (TPSA) is 84.5 Å². The van der Waals surface area contributed by atoms with Crippen molar-refractivity contribution < 1.29 is 4.79 Å². The van der Waals surface area contributed by atoms with E-state index in [0.717, 1.165) is 22.6 Å². The number of nitrogens with one attached hydrogen (secondary N) is 1. The summed E-state index contributed by atoms with van der Waals surface area (Å²) in [5, 5.41) is 7.69. The number of carbonyl (C=O) groups excluding carboxylic acids is 1. The van der Waals surface area contributed by atoms with Crippen LogP contribution >= 0.6 is 0 Å². The molecule has 0 bridgehead atoms. The summed E-state index contributed by atoms with van der Waals surface area (Å²) in [5.74, 6) is 0.561. The van der Waals surface area contributed by atoms with Gasteiger partial charge in [0.2, 0.25) is 0 Å². The van der Waals surface area contributed by atoms with Crippen molar-refractivity contribution in [1.82, 2.24) is 19.6 Å². The van der Waals surface area contributed by atoms with Crippen molar-refractivity contribution in [3.8, 4) is 11.3 Å². The molecule has 0 unspecified atom stereocenters. The van der Waals surface area contributed by atoms with E-state index in [1.165, 1.54) is 19.2 Å². The molecule has 1 aliphatic heterocycles. The van der Waals surface area contributed by atoms with Crippen LogP contribution in [0.5, 0.6) is 0 Å². The number of rotatable bonds is 3. The zero-order valence-corrected chi connectivity index (χ0v) is 12.1. The van der Waals surface area contributed by atoms with Gasteiger partial charge in [-0.25, -0.2) is 19.5 Å². The maximum absolute atomic E-state index is 11.6. The van der Waals surface area contributed by atoms with Crippen LogP contribution in [-0.2, 0) is 0 Å². The fourth-order valence-electron chi connectivity index (χ4n) is 2.76. The van der Waals surface area contributed by atoms with Gasteiger partial charge in [-0.1, -0.05) is 6.07 Å². The number of fused-ring (bicyclic) bond motifs is 2. The molecule has 0 radical (unpaired) electrons. The molecule has 2 aliphatic rings. The van der Waals surface area contributed by atoms with Gasteiger partial charge < -0.3 is 5.32 Å². The molecule has 1 amide bonds. The number of aliphatic imine (C=N–C) groups is 1. The number of amides is 1. The number of anilines is 1. The fourth-order valence-corrected chi connectivity index (χ4v) is 2.76. The van der Waals surface area contributed by atoms with Gasteiger partial charge in [-0.3, -0.25) is 4.79 Å². The minimum absolute atomic E-state index is 0.195. The lowest BCUT2D eigenvalue weighted by atomic mass is 10.0. The van der Waals surface area contributed by atoms with E-state index in [-0.39, 0.29) is 5.91 Å². The average Bonchev–Trinajstić information content (AvgIpc) is 3.10. The van der Waals surface area contributed by atoms with Crippen LogP contribution in [0.25, 0.3) is 16.9 Å². The Bertz CT molecular complexity index is 985. The summed E-state index contributed by atoms with van der Waals surface area (Å²) in [7, 11) is 0. The average molecular weight is 304 g/mol. The Balaban J connectivity index is 1.64. The second-order valence-electron chi connectivity index (χ2n) is 5.77. The maximum Gasteiger partial charge on any atom is 0.277 e. The zero-order valence-electron chi connectivity index (χ0n) is 12.1. The highest BCUT2D eigenvalue weighted by Gasteiger charge is 2.23. The van der Waals surface area contributed by atoms with Crippen LogP contribution in [0.15, 0.2) is 35.7 Å². The lowest BCUT2D eigenvalue weighted by Crippen LogP contribution is -2.07. The Kier molecular flexibility index (Phi) is 2.41. The Morgan fingerprint density at radius 1 is 1.22 bits per heavy atom. The molecular weight excluding hydrogens is 292 g/mol. The molecule has 3 heterocycles. The van der Waals surface area contributed by atoms with Gasteiger partial charge in [-0.2, -0.15) is 5.10 Å². The van der Waals surface area contributed by atoms with Crippen molar-refractivity contribution >= 4 is 23.6 Å². The first kappa shape index (κ1) is 12.5. The molecular formula is C16H12N6O. The lowest BCUT2D eigenvalue weighted by molar-refractivity contribution is 0.101. The summed E-state index contributed by atoms with van der Waals surface area (Å²) in [6, 6.07) is 6.10. The zero-order chi connectivity index (χ0) is 15.4. The van der Waals surface area contributed by atoms with Crippen molar-refractivity contribution in [3.05, 3.63) is 41.9 Å². The molecule has 112 valence electrons. The second-order valence-corrected chi connectivity index (χ2v) is 5.77. The molecule has 1 N–H and O–H groups in total. The molecule has 2 aromatic heterocycles. The summed E-state index contributed by atoms with van der Waals surface area (Å²) in [6.45, 7) is 0. The Hall–Kier alpha value is -3.09. The molecule has 3 aromatic rings. The van der Waals surface area contributed by atoms with E-state index in [1.807, 2.05) is 12.1 Å². The van der Waals surface area contributed by atoms with Crippen LogP contribution in [0.3, 0.4) is 0 Å². The minimum Gasteiger partial charge on any atom is -0.364 e. The van der Waals surface area contributed by atoms with Crippen LogP contribution in [0.1, 0.15) is 28.8 Å². The van der Waals surface area contributed by atoms with Gasteiger partial charge >= 0.3 is 0 Å². The molecule has 23 heavy (non-hydrogen) atoms. The van der Waals surface area contributed by atoms with E-state index in [0.29, 0.717) is 17.3 Å². The fraction of sp³-hybridized carbons (Fsp3) is 0.188. The number of carbonyl (C=O) groups is 1. The highest BCUT2D eigenvalue weighted by Crippen LogP contribution is 2.28. The molecule has 1 fully saturated rings. The van der Waals surface area contributed by atoms with Gasteiger partial charge in [-0.05, 0) is 25.0 Å². The van der Waals surface area contributed by atoms with Gasteiger partial charge in [0.15, 0.2) is 11.5 Å². The number of aromatic nitrogens is 4. The van der Waals surface area contributed by atoms with Crippen molar-refractivity contribution in [2.45, 2.75) is 18.9 Å². The number of hydrogen-bond donors (Lipinski definition) is 1. The predicted octanol–water partition coefficient (Wildman–Crippen LogP) is 1.94. The standard InChI is InChI=1S/C16H12N6O/c23-16-12-4-1-9(5-10(12)6-18-16)13-7-17-14(21-11-2-3-11)15-19-8-20-22(13)15/h1,4-8,11H,2-3H2,(H,17,21). The minimum atomic E-state index is -0.195. The Morgan fingerprint density at radius 3 is 3.00 bits per heavy atom. The van der Waals surface area contributed by atoms with Crippen molar-refractivity contribution in [2.75, 3.05) is 5.32 Å². The molecule has 1 aliphatic carbocycles. The van der Waals surface area contributed by atoms with E-state index < -0.39 is 0 Å². The molecule has 7 nitrogen and oxygen atoms in total. The third-order valence-corrected chi connectivity index (χ3v) is 4.12. The Morgan fingerprint density at radius 2 is 2.13 bits per heavy atom. The SMILES string of the molecule is O=C1N=Cc2cc(-c3cnc(NC4CC4)c4ncnn34)ccc21. The molecule has 0 atom stereocenters. The molecule has 0 saturated heterocycles. The van der Waals surface area contributed by atoms with Crippen LogP contribution in [0.2, 0.25) is 0 Å². The van der Waals surface area contributed by atoms with Gasteiger partial charge in [-0.15, -0.1) is 0 Å². The van der Waals surface area contributed by atoms with E-state index in [9.17, 15) is 4.79 Å². The summed E-state index contributed by atoms with van der Waals surface area (Å²) < 4.78 is 1.77. The largest absolute Gasteiger partial charge is 0.364 e. The highest BCUT2D eigenvalue weighted by atomic mass is 16.1. The number of hydrogen-bond acceptors (Lipinski definition) is 5. The number of nitrogens with zero attached hydrogens (tertiary/aromatic N) is 5. The van der Waals surface area contributed by atoms with E-state index in [2.05, 4.69) is 25.4 Å². The first-order valence-corrected chi connectivity index (χ1v) is 7.48. The molecule has 1 aromatic carbocycles. The van der Waals surface area contributed by atoms with Gasteiger partial charge in [0.1, 0.15) is 6.33 Å². The van der Waals surface area contributed by atoms with Gasteiger partial charge in [0, 0.05) is 23.4 Å². The van der Waals surface area contributed by atoms with Gasteiger partial charge in [0.05, 0.1) is 17.5 Å². The van der Waals surface area contributed by atoms with Crippen molar-refractivity contribution in [2.24, 2.45) is 4.99 Å². The lowest BCUT2D eigenvalue weighted by Gasteiger charge is -2.09. The summed E-state index contributed by atoms with van der Waals surface area (Å²) in [6.07, 6.45) is 7.24. The van der Waals surface area contributed by atoms with E-state index in [1.54, 1.807) is 23.0 Å². The molecule has 0 spiro atoms. The monoisotopic (exact) mass is 304 g/mol. The summed E-state index contributed by atoms with van der Waals surface area (Å²) >= 11 is 0. The van der Waals surface area contributed by atoms with Crippen molar-refractivity contribution in [3.63, 3.8) is 0 Å². The normalized spacial score (nSPS) is 16.1. The molecule has 1 saturated carbocycles. The van der Waals surface area contributed by atoms with Crippen LogP contribution in [-0.4, -0.2) is 37.7 Å². The highest BCUT2D eigenvalue weighted by molar-refractivity contribution is 6.13. The quantitative estimate of drug-likeness (QED) is 0.799. The summed E-state index contributed by atoms with van der Waals surface area (Å²) in [4.78, 5) is 24.2. The summed E-state index contributed by atoms with van der Waals surface area (Å²) in [5.41, 5.74) is 3.91. The molecule has 5 rings (SSSR count). The van der Waals surface area contributed by atoms with Crippen LogP contribution < -0.4 is 5.32 Å². The van der Waals surface area contributed by atoms with E-state index >= 15 is 0 Å². The van der Waals surface area contributed by atoms with Gasteiger partial charge in [0.25, 0.3) is 5.91 Å².